The molecular formula is C19H30ClN5O4Si. The molecule has 2 aliphatic rings. The third-order valence-corrected chi connectivity index (χ3v) is 11.7. The van der Waals surface area contributed by atoms with E-state index in [4.69, 9.17) is 26.5 Å². The zero-order chi connectivity index (χ0) is 22.1. The fourth-order valence-electron chi connectivity index (χ4n) is 4.25. The molecule has 1 spiro atoms. The summed E-state index contributed by atoms with van der Waals surface area (Å²) in [5.41, 5.74) is 5.46. The molecule has 2 aromatic heterocycles. The molecule has 4 rings (SSSR count). The Hall–Kier alpha value is -1.30. The van der Waals surface area contributed by atoms with Gasteiger partial charge < -0.3 is 25.1 Å². The molecule has 1 aliphatic heterocycles. The normalized spacial score (nSPS) is 32.5. The predicted molar refractivity (Wildman–Crippen MR) is 116 cm³/mol. The van der Waals surface area contributed by atoms with E-state index < -0.39 is 32.4 Å². The first-order valence-corrected chi connectivity index (χ1v) is 13.5. The number of rotatable bonds is 3. The Labute approximate surface area is 181 Å². The van der Waals surface area contributed by atoms with Crippen LogP contribution >= 0.6 is 11.6 Å². The van der Waals surface area contributed by atoms with E-state index in [9.17, 15) is 10.2 Å². The van der Waals surface area contributed by atoms with Crippen molar-refractivity contribution < 1.29 is 19.4 Å². The molecule has 4 N–H and O–H groups in total. The molecule has 0 unspecified atom stereocenters. The minimum Gasteiger partial charge on any atom is -0.411 e. The number of nitrogens with zero attached hydrogens (tertiary/aromatic N) is 4. The summed E-state index contributed by atoms with van der Waals surface area (Å²) in [4.78, 5) is 12.4. The number of ether oxygens (including phenoxy) is 1. The number of hydrogen-bond donors (Lipinski definition) is 3. The summed E-state index contributed by atoms with van der Waals surface area (Å²) in [5, 5.41) is 22.2. The molecule has 2 fully saturated rings. The molecule has 1 saturated heterocycles. The predicted octanol–water partition coefficient (Wildman–Crippen LogP) is 2.63. The van der Waals surface area contributed by atoms with Crippen molar-refractivity contribution >= 4 is 37.0 Å². The van der Waals surface area contributed by atoms with Gasteiger partial charge in [0.05, 0.1) is 12.4 Å². The average Bonchev–Trinajstić information content (AvgIpc) is 3.28. The van der Waals surface area contributed by atoms with Gasteiger partial charge in [-0.05, 0) is 37.4 Å². The first-order chi connectivity index (χ1) is 13.9. The van der Waals surface area contributed by atoms with Crippen LogP contribution in [-0.2, 0) is 9.16 Å². The van der Waals surface area contributed by atoms with Crippen molar-refractivity contribution in [3.05, 3.63) is 11.5 Å². The molecule has 166 valence electrons. The molecule has 1 aliphatic carbocycles. The maximum absolute atomic E-state index is 11.1. The molecule has 1 saturated carbocycles. The molecule has 0 bridgehead atoms. The highest BCUT2D eigenvalue weighted by atomic mass is 35.5. The Morgan fingerprint density at radius 2 is 2.03 bits per heavy atom. The van der Waals surface area contributed by atoms with Crippen LogP contribution in [0.5, 0.6) is 0 Å². The number of fused-ring (bicyclic) bond motifs is 1. The summed E-state index contributed by atoms with van der Waals surface area (Å²) in [7, 11) is -2.11. The van der Waals surface area contributed by atoms with Gasteiger partial charge in [-0.25, -0.2) is 4.98 Å². The third-order valence-electron chi connectivity index (χ3n) is 6.95. The Bertz CT molecular complexity index is 964. The summed E-state index contributed by atoms with van der Waals surface area (Å²) < 4.78 is 14.6. The van der Waals surface area contributed by atoms with E-state index in [1.807, 2.05) is 0 Å². The molecule has 9 nitrogen and oxygen atoms in total. The van der Waals surface area contributed by atoms with Crippen molar-refractivity contribution in [1.29, 1.82) is 0 Å². The van der Waals surface area contributed by atoms with Crippen LogP contribution in [0.25, 0.3) is 11.2 Å². The summed E-state index contributed by atoms with van der Waals surface area (Å²) in [5.74, 6) is -0.00278. The summed E-state index contributed by atoms with van der Waals surface area (Å²) in [6.45, 7) is 10.9. The minimum absolute atomic E-state index is 0.00278. The highest BCUT2D eigenvalue weighted by molar-refractivity contribution is 6.74. The molecule has 2 aromatic rings. The van der Waals surface area contributed by atoms with Gasteiger partial charge >= 0.3 is 0 Å². The maximum atomic E-state index is 11.1. The van der Waals surface area contributed by atoms with Crippen LogP contribution < -0.4 is 5.73 Å². The van der Waals surface area contributed by atoms with Gasteiger partial charge in [0.1, 0.15) is 23.3 Å². The van der Waals surface area contributed by atoms with Gasteiger partial charge in [-0.2, -0.15) is 9.97 Å². The SMILES string of the molecule is CC(C)(C)[Si](C)(C)O[C@@H]1CCC[C@@]12O[C@H](n1cnc3c(Cl)nc(N)nc31)[C@H](O)[C@@H]2O. The van der Waals surface area contributed by atoms with Gasteiger partial charge in [0, 0.05) is 0 Å². The number of aromatic nitrogens is 4. The van der Waals surface area contributed by atoms with E-state index in [1.54, 1.807) is 4.57 Å². The first-order valence-electron chi connectivity index (χ1n) is 10.2. The lowest BCUT2D eigenvalue weighted by Gasteiger charge is -2.43. The number of nitrogen functional groups attached to an aromatic ring is 1. The van der Waals surface area contributed by atoms with Crippen LogP contribution in [0.15, 0.2) is 6.33 Å². The van der Waals surface area contributed by atoms with Crippen molar-refractivity contribution in [2.45, 2.75) is 88.3 Å². The van der Waals surface area contributed by atoms with Crippen LogP contribution in [0.2, 0.25) is 23.3 Å². The summed E-state index contributed by atoms with van der Waals surface area (Å²) >= 11 is 6.13. The highest BCUT2D eigenvalue weighted by Crippen LogP contribution is 2.51. The molecule has 30 heavy (non-hydrogen) atoms. The van der Waals surface area contributed by atoms with Gasteiger partial charge in [0.25, 0.3) is 0 Å². The van der Waals surface area contributed by atoms with E-state index >= 15 is 0 Å². The molecule has 0 amide bonds. The van der Waals surface area contributed by atoms with Crippen LogP contribution in [0.4, 0.5) is 5.95 Å². The Morgan fingerprint density at radius 3 is 2.70 bits per heavy atom. The molecule has 0 radical (unpaired) electrons. The largest absolute Gasteiger partial charge is 0.411 e. The zero-order valence-corrected chi connectivity index (χ0v) is 19.7. The van der Waals surface area contributed by atoms with Crippen LogP contribution in [0, 0.1) is 0 Å². The van der Waals surface area contributed by atoms with Crippen molar-refractivity contribution in [1.82, 2.24) is 19.5 Å². The lowest BCUT2D eigenvalue weighted by Crippen LogP contribution is -2.55. The second-order valence-corrected chi connectivity index (χ2v) is 15.0. The van der Waals surface area contributed by atoms with Gasteiger partial charge in [0.15, 0.2) is 25.3 Å². The monoisotopic (exact) mass is 455 g/mol. The Morgan fingerprint density at radius 1 is 1.33 bits per heavy atom. The van der Waals surface area contributed by atoms with Gasteiger partial charge in [-0.15, -0.1) is 0 Å². The van der Waals surface area contributed by atoms with Gasteiger partial charge in [0.2, 0.25) is 5.95 Å². The van der Waals surface area contributed by atoms with Gasteiger partial charge in [-0.3, -0.25) is 4.57 Å². The van der Waals surface area contributed by atoms with Crippen molar-refractivity contribution in [3.8, 4) is 0 Å². The highest BCUT2D eigenvalue weighted by Gasteiger charge is 2.62. The third kappa shape index (κ3) is 3.25. The first kappa shape index (κ1) is 21.9. The van der Waals surface area contributed by atoms with Crippen molar-refractivity contribution in [2.75, 3.05) is 5.73 Å². The Kier molecular flexibility index (Phi) is 5.19. The summed E-state index contributed by atoms with van der Waals surface area (Å²) in [6, 6.07) is 0. The minimum atomic E-state index is -2.11. The van der Waals surface area contributed by atoms with Crippen LogP contribution in [0.1, 0.15) is 46.3 Å². The van der Waals surface area contributed by atoms with Crippen LogP contribution in [0.3, 0.4) is 0 Å². The summed E-state index contributed by atoms with van der Waals surface area (Å²) in [6.07, 6.45) is 0.225. The number of hydrogen-bond acceptors (Lipinski definition) is 8. The van der Waals surface area contributed by atoms with Gasteiger partial charge in [-0.1, -0.05) is 32.4 Å². The molecule has 3 heterocycles. The second kappa shape index (κ2) is 7.11. The van der Waals surface area contributed by atoms with Crippen LogP contribution in [-0.4, -0.2) is 62.0 Å². The Balaban J connectivity index is 1.69. The number of anilines is 1. The topological polar surface area (TPSA) is 129 Å². The van der Waals surface area contributed by atoms with E-state index in [0.29, 0.717) is 17.6 Å². The smallest absolute Gasteiger partial charge is 0.223 e. The lowest BCUT2D eigenvalue weighted by atomic mass is 9.91. The van der Waals surface area contributed by atoms with Crippen molar-refractivity contribution in [3.63, 3.8) is 0 Å². The zero-order valence-electron chi connectivity index (χ0n) is 18.0. The van der Waals surface area contributed by atoms with E-state index in [2.05, 4.69) is 48.8 Å². The number of nitrogens with two attached hydrogens (primary N) is 1. The van der Waals surface area contributed by atoms with Crippen molar-refractivity contribution in [2.24, 2.45) is 0 Å². The molecule has 5 atom stereocenters. The average molecular weight is 456 g/mol. The van der Waals surface area contributed by atoms with E-state index in [-0.39, 0.29) is 22.2 Å². The number of halogens is 1. The fraction of sp³-hybridized carbons (Fsp3) is 0.737. The molecular weight excluding hydrogens is 426 g/mol. The number of aliphatic hydroxyl groups excluding tert-OH is 2. The van der Waals surface area contributed by atoms with E-state index in [1.165, 1.54) is 6.33 Å². The lowest BCUT2D eigenvalue weighted by molar-refractivity contribution is -0.144. The fourth-order valence-corrected chi connectivity index (χ4v) is 5.85. The standard InChI is InChI=1S/C19H30ClN5O4Si/c1-18(2,3)30(4,5)29-10-7-6-8-19(10)13(27)12(26)16(28-19)25-9-22-11-14(20)23-17(21)24-15(11)25/h9-10,12-13,16,26-27H,6-8H2,1-5H3,(H2,21,23,24)/t10-,12-,13+,16+,19-/m1/s1. The number of imidazole rings is 1. The molecule has 0 aromatic carbocycles. The second-order valence-electron chi connectivity index (χ2n) is 9.85. The van der Waals surface area contributed by atoms with E-state index in [0.717, 1.165) is 12.8 Å². The quantitative estimate of drug-likeness (QED) is 0.475. The molecule has 11 heteroatoms. The maximum Gasteiger partial charge on any atom is 0.223 e. The number of aliphatic hydroxyl groups is 2.